The standard InChI is InChI=1S/C27H42N4O4/c1-18(2)10-22-15-30(17-25(32)28-22)16-23(11-19(3)4)29-26(33)24-13-21(14-31(24)27(34)35)12-20-8-6-5-7-9-20/h5-9,18-19,21-24H,10-17H2,1-4H3,(H,28,32)(H,29,33)(H,34,35)/t21?,22-,23-,24-/m0/s1. The topological polar surface area (TPSA) is 102 Å². The first-order valence-electron chi connectivity index (χ1n) is 13.0. The largest absolute Gasteiger partial charge is 0.465 e. The van der Waals surface area contributed by atoms with Gasteiger partial charge in [0.1, 0.15) is 6.04 Å². The van der Waals surface area contributed by atoms with Crippen molar-refractivity contribution in [1.29, 1.82) is 0 Å². The summed E-state index contributed by atoms with van der Waals surface area (Å²) in [5.41, 5.74) is 1.15. The molecule has 3 rings (SSSR count). The SMILES string of the molecule is CC(C)C[C@H]1CN(C[C@H](CC(C)C)NC(=O)[C@@H]2CC(Cc3ccccc3)CN2C(=O)O)CC(=O)N1. The maximum Gasteiger partial charge on any atom is 0.407 e. The number of carbonyl (C=O) groups is 3. The molecule has 1 aromatic rings. The maximum atomic E-state index is 13.4. The Labute approximate surface area is 209 Å². The van der Waals surface area contributed by atoms with Crippen LogP contribution in [0.4, 0.5) is 4.79 Å². The van der Waals surface area contributed by atoms with E-state index in [0.29, 0.717) is 37.9 Å². The number of likely N-dealkylation sites (tertiary alicyclic amines) is 1. The third-order valence-corrected chi connectivity index (χ3v) is 6.85. The van der Waals surface area contributed by atoms with Crippen LogP contribution in [0.3, 0.4) is 0 Å². The average Bonchev–Trinajstić information content (AvgIpc) is 3.17. The number of hydrogen-bond donors (Lipinski definition) is 3. The summed E-state index contributed by atoms with van der Waals surface area (Å²) in [6.45, 7) is 10.5. The first-order valence-corrected chi connectivity index (χ1v) is 13.0. The molecular weight excluding hydrogens is 444 g/mol. The maximum absolute atomic E-state index is 13.4. The fourth-order valence-electron chi connectivity index (χ4n) is 5.58. The van der Waals surface area contributed by atoms with Crippen molar-refractivity contribution in [1.82, 2.24) is 20.4 Å². The van der Waals surface area contributed by atoms with Crippen LogP contribution in [0.25, 0.3) is 0 Å². The van der Waals surface area contributed by atoms with Crippen molar-refractivity contribution in [3.8, 4) is 0 Å². The molecule has 2 heterocycles. The highest BCUT2D eigenvalue weighted by atomic mass is 16.4. The molecule has 2 aliphatic heterocycles. The number of nitrogens with zero attached hydrogens (tertiary/aromatic N) is 2. The lowest BCUT2D eigenvalue weighted by molar-refractivity contribution is -0.126. The molecule has 3 amide bonds. The molecule has 0 aliphatic carbocycles. The molecule has 4 atom stereocenters. The fraction of sp³-hybridized carbons (Fsp3) is 0.667. The number of benzene rings is 1. The quantitative estimate of drug-likeness (QED) is 0.472. The van der Waals surface area contributed by atoms with Gasteiger partial charge in [0.2, 0.25) is 11.8 Å². The molecule has 2 aliphatic rings. The Morgan fingerprint density at radius 2 is 1.83 bits per heavy atom. The van der Waals surface area contributed by atoms with Gasteiger partial charge in [-0.25, -0.2) is 4.79 Å². The van der Waals surface area contributed by atoms with Crippen molar-refractivity contribution < 1.29 is 19.5 Å². The smallest absolute Gasteiger partial charge is 0.407 e. The molecule has 8 heteroatoms. The van der Waals surface area contributed by atoms with Gasteiger partial charge in [0.05, 0.1) is 6.54 Å². The zero-order chi connectivity index (χ0) is 25.5. The third kappa shape index (κ3) is 8.23. The molecule has 0 aromatic heterocycles. The summed E-state index contributed by atoms with van der Waals surface area (Å²) in [6, 6.07) is 9.29. The second-order valence-corrected chi connectivity index (χ2v) is 11.2. The summed E-state index contributed by atoms with van der Waals surface area (Å²) < 4.78 is 0. The van der Waals surface area contributed by atoms with Crippen LogP contribution < -0.4 is 10.6 Å². The molecule has 194 valence electrons. The number of amides is 3. The van der Waals surface area contributed by atoms with Gasteiger partial charge >= 0.3 is 6.09 Å². The minimum Gasteiger partial charge on any atom is -0.465 e. The second-order valence-electron chi connectivity index (χ2n) is 11.2. The van der Waals surface area contributed by atoms with Crippen LogP contribution in [0, 0.1) is 17.8 Å². The Bertz CT molecular complexity index is 860. The second kappa shape index (κ2) is 12.4. The molecule has 0 radical (unpaired) electrons. The van der Waals surface area contributed by atoms with Crippen molar-refractivity contribution in [2.75, 3.05) is 26.2 Å². The molecule has 2 saturated heterocycles. The zero-order valence-corrected chi connectivity index (χ0v) is 21.6. The highest BCUT2D eigenvalue weighted by molar-refractivity contribution is 5.86. The van der Waals surface area contributed by atoms with E-state index in [1.54, 1.807) is 0 Å². The lowest BCUT2D eigenvalue weighted by atomic mass is 9.96. The Balaban J connectivity index is 1.65. The van der Waals surface area contributed by atoms with Gasteiger partial charge in [-0.05, 0) is 49.0 Å². The molecule has 8 nitrogen and oxygen atoms in total. The lowest BCUT2D eigenvalue weighted by Crippen LogP contribution is -2.58. The van der Waals surface area contributed by atoms with Crippen LogP contribution in [0.2, 0.25) is 0 Å². The van der Waals surface area contributed by atoms with E-state index in [0.717, 1.165) is 31.4 Å². The molecule has 35 heavy (non-hydrogen) atoms. The summed E-state index contributed by atoms with van der Waals surface area (Å²) in [5.74, 6) is 0.743. The van der Waals surface area contributed by atoms with Crippen LogP contribution in [0.5, 0.6) is 0 Å². The first-order chi connectivity index (χ1) is 16.6. The molecule has 0 bridgehead atoms. The van der Waals surface area contributed by atoms with Gasteiger partial charge in [0.15, 0.2) is 0 Å². The summed E-state index contributed by atoms with van der Waals surface area (Å²) in [6.07, 6.45) is 1.91. The first kappa shape index (κ1) is 27.0. The molecule has 2 fully saturated rings. The van der Waals surface area contributed by atoms with E-state index in [1.165, 1.54) is 4.90 Å². The van der Waals surface area contributed by atoms with Gasteiger partial charge in [-0.1, -0.05) is 58.0 Å². The van der Waals surface area contributed by atoms with Crippen LogP contribution in [0.1, 0.15) is 52.5 Å². The highest BCUT2D eigenvalue weighted by Crippen LogP contribution is 2.27. The van der Waals surface area contributed by atoms with E-state index in [4.69, 9.17) is 0 Å². The predicted octanol–water partition coefficient (Wildman–Crippen LogP) is 2.98. The van der Waals surface area contributed by atoms with Crippen LogP contribution in [-0.4, -0.2) is 77.1 Å². The van der Waals surface area contributed by atoms with Crippen molar-refractivity contribution in [3.05, 3.63) is 35.9 Å². The van der Waals surface area contributed by atoms with Crippen molar-refractivity contribution in [2.45, 2.75) is 71.5 Å². The Hall–Kier alpha value is -2.61. The summed E-state index contributed by atoms with van der Waals surface area (Å²) in [5, 5.41) is 16.0. The summed E-state index contributed by atoms with van der Waals surface area (Å²) in [4.78, 5) is 41.0. The predicted molar refractivity (Wildman–Crippen MR) is 136 cm³/mol. The number of carboxylic acid groups (broad SMARTS) is 1. The minimum atomic E-state index is -1.05. The number of nitrogens with one attached hydrogen (secondary N) is 2. The number of rotatable bonds is 10. The Morgan fingerprint density at radius 1 is 1.11 bits per heavy atom. The van der Waals surface area contributed by atoms with Gasteiger partial charge in [0.25, 0.3) is 0 Å². The number of hydrogen-bond acceptors (Lipinski definition) is 4. The van der Waals surface area contributed by atoms with E-state index in [-0.39, 0.29) is 29.8 Å². The highest BCUT2D eigenvalue weighted by Gasteiger charge is 2.40. The van der Waals surface area contributed by atoms with Crippen molar-refractivity contribution >= 4 is 17.9 Å². The van der Waals surface area contributed by atoms with E-state index in [9.17, 15) is 19.5 Å². The molecule has 0 spiro atoms. The summed E-state index contributed by atoms with van der Waals surface area (Å²) in [7, 11) is 0. The third-order valence-electron chi connectivity index (χ3n) is 6.85. The van der Waals surface area contributed by atoms with Crippen LogP contribution >= 0.6 is 0 Å². The monoisotopic (exact) mass is 486 g/mol. The van der Waals surface area contributed by atoms with Crippen molar-refractivity contribution in [2.24, 2.45) is 17.8 Å². The van der Waals surface area contributed by atoms with E-state index >= 15 is 0 Å². The Morgan fingerprint density at radius 3 is 2.46 bits per heavy atom. The van der Waals surface area contributed by atoms with Gasteiger partial charge in [0, 0.05) is 31.7 Å². The molecule has 1 unspecified atom stereocenters. The Kier molecular flexibility index (Phi) is 9.55. The molecule has 0 saturated carbocycles. The molecule has 3 N–H and O–H groups in total. The van der Waals surface area contributed by atoms with Gasteiger partial charge in [-0.3, -0.25) is 19.4 Å². The van der Waals surface area contributed by atoms with E-state index < -0.39 is 12.1 Å². The molecular formula is C27H42N4O4. The normalized spacial score (nSPS) is 24.0. The van der Waals surface area contributed by atoms with Gasteiger partial charge < -0.3 is 15.7 Å². The van der Waals surface area contributed by atoms with E-state index in [1.807, 2.05) is 30.3 Å². The van der Waals surface area contributed by atoms with Crippen molar-refractivity contribution in [3.63, 3.8) is 0 Å². The fourth-order valence-corrected chi connectivity index (χ4v) is 5.58. The van der Waals surface area contributed by atoms with Gasteiger partial charge in [-0.15, -0.1) is 0 Å². The average molecular weight is 487 g/mol. The minimum absolute atomic E-state index is 0.0214. The number of piperazine rings is 1. The van der Waals surface area contributed by atoms with Gasteiger partial charge in [-0.2, -0.15) is 0 Å². The summed E-state index contributed by atoms with van der Waals surface area (Å²) >= 11 is 0. The van der Waals surface area contributed by atoms with Crippen LogP contribution in [0.15, 0.2) is 30.3 Å². The van der Waals surface area contributed by atoms with E-state index in [2.05, 4.69) is 43.2 Å². The zero-order valence-electron chi connectivity index (χ0n) is 21.6. The number of carbonyl (C=O) groups excluding carboxylic acids is 2. The van der Waals surface area contributed by atoms with Crippen LogP contribution in [-0.2, 0) is 16.0 Å². The molecule has 1 aromatic carbocycles. The lowest BCUT2D eigenvalue weighted by Gasteiger charge is -2.36.